The number of para-hydroxylation sites is 1. The molecule has 7 nitrogen and oxygen atoms in total. The molecular weight excluding hydrogens is 374 g/mol. The first-order valence-corrected chi connectivity index (χ1v) is 8.45. The number of nitrogen functional groups attached to an aromatic ring is 1. The van der Waals surface area contributed by atoms with Crippen LogP contribution >= 0.6 is 15.9 Å². The second-order valence-electron chi connectivity index (χ2n) is 5.66. The summed E-state index contributed by atoms with van der Waals surface area (Å²) in [5, 5.41) is 12.3. The molecule has 1 aromatic heterocycles. The van der Waals surface area contributed by atoms with E-state index in [1.165, 1.54) is 6.33 Å². The molecule has 8 heteroatoms. The Balaban J connectivity index is 1.79. The largest absolute Gasteiger partial charge is 0.481 e. The van der Waals surface area contributed by atoms with Crippen molar-refractivity contribution in [3.05, 3.63) is 35.1 Å². The molecule has 2 heterocycles. The average Bonchev–Trinajstić information content (AvgIpc) is 2.59. The van der Waals surface area contributed by atoms with Crippen LogP contribution in [0.1, 0.15) is 12.8 Å². The van der Waals surface area contributed by atoms with Gasteiger partial charge in [-0.05, 0) is 40.9 Å². The van der Waals surface area contributed by atoms with E-state index < -0.39 is 5.97 Å². The topological polar surface area (TPSA) is 104 Å². The number of carbonyl (C=O) groups is 1. The maximum atomic E-state index is 11.1. The van der Waals surface area contributed by atoms with E-state index in [0.717, 1.165) is 10.2 Å². The van der Waals surface area contributed by atoms with Gasteiger partial charge in [0.15, 0.2) is 11.6 Å². The number of carboxylic acid groups (broad SMARTS) is 1. The summed E-state index contributed by atoms with van der Waals surface area (Å²) >= 11 is 3.48. The van der Waals surface area contributed by atoms with Crippen LogP contribution in [0.4, 0.5) is 23.0 Å². The number of halogens is 1. The summed E-state index contributed by atoms with van der Waals surface area (Å²) in [5.74, 6) is 0.152. The zero-order valence-corrected chi connectivity index (χ0v) is 14.5. The smallest absolute Gasteiger partial charge is 0.306 e. The number of hydrogen-bond donors (Lipinski definition) is 3. The van der Waals surface area contributed by atoms with E-state index in [2.05, 4.69) is 31.2 Å². The molecule has 0 atom stereocenters. The molecule has 0 spiro atoms. The summed E-state index contributed by atoms with van der Waals surface area (Å²) in [6.45, 7) is 1.24. The van der Waals surface area contributed by atoms with Crippen molar-refractivity contribution in [3.8, 4) is 0 Å². The Bertz CT molecular complexity index is 747. The summed E-state index contributed by atoms with van der Waals surface area (Å²) < 4.78 is 0.909. The van der Waals surface area contributed by atoms with Gasteiger partial charge in [-0.2, -0.15) is 0 Å². The van der Waals surface area contributed by atoms with Crippen LogP contribution in [0, 0.1) is 5.92 Å². The molecular formula is C16H18BrN5O2. The fraction of sp³-hybridized carbons (Fsp3) is 0.312. The first-order chi connectivity index (χ1) is 11.6. The fourth-order valence-corrected chi connectivity index (χ4v) is 3.15. The van der Waals surface area contributed by atoms with Crippen LogP contribution in [0.3, 0.4) is 0 Å². The molecule has 0 unspecified atom stereocenters. The number of nitrogens with one attached hydrogen (secondary N) is 1. The minimum Gasteiger partial charge on any atom is -0.481 e. The third-order valence-electron chi connectivity index (χ3n) is 4.13. The molecule has 0 radical (unpaired) electrons. The number of aliphatic carboxylic acids is 1. The normalized spacial score (nSPS) is 15.3. The van der Waals surface area contributed by atoms with Gasteiger partial charge in [-0.25, -0.2) is 9.97 Å². The molecule has 0 bridgehead atoms. The van der Waals surface area contributed by atoms with E-state index >= 15 is 0 Å². The first-order valence-electron chi connectivity index (χ1n) is 7.66. The number of anilines is 4. The highest BCUT2D eigenvalue weighted by molar-refractivity contribution is 9.10. The van der Waals surface area contributed by atoms with Gasteiger partial charge < -0.3 is 21.1 Å². The highest BCUT2D eigenvalue weighted by atomic mass is 79.9. The molecule has 2 aromatic rings. The number of rotatable bonds is 4. The zero-order valence-electron chi connectivity index (χ0n) is 12.9. The Hall–Kier alpha value is -2.35. The minimum absolute atomic E-state index is 0.290. The van der Waals surface area contributed by atoms with Gasteiger partial charge in [0, 0.05) is 17.6 Å². The Morgan fingerprint density at radius 1 is 1.29 bits per heavy atom. The van der Waals surface area contributed by atoms with Gasteiger partial charge in [0.05, 0.1) is 11.6 Å². The molecule has 3 rings (SSSR count). The molecule has 4 N–H and O–H groups in total. The molecule has 24 heavy (non-hydrogen) atoms. The molecule has 1 saturated heterocycles. The zero-order chi connectivity index (χ0) is 17.1. The number of hydrogen-bond acceptors (Lipinski definition) is 6. The predicted octanol–water partition coefficient (Wildman–Crippen LogP) is 2.87. The highest BCUT2D eigenvalue weighted by Gasteiger charge is 2.26. The van der Waals surface area contributed by atoms with Gasteiger partial charge in [0.2, 0.25) is 0 Å². The Kier molecular flexibility index (Phi) is 4.84. The third-order valence-corrected chi connectivity index (χ3v) is 4.83. The van der Waals surface area contributed by atoms with Crippen molar-refractivity contribution in [2.45, 2.75) is 12.8 Å². The Morgan fingerprint density at radius 3 is 2.67 bits per heavy atom. The molecule has 126 valence electrons. The maximum absolute atomic E-state index is 11.1. The fourth-order valence-electron chi connectivity index (χ4n) is 2.77. The summed E-state index contributed by atoms with van der Waals surface area (Å²) in [6.07, 6.45) is 2.64. The SMILES string of the molecule is Nc1c(Nc2ccccc2Br)ncnc1N1CCC(C(=O)O)CC1. The van der Waals surface area contributed by atoms with Crippen LogP contribution in [0.15, 0.2) is 35.1 Å². The molecule has 1 aliphatic rings. The van der Waals surface area contributed by atoms with Crippen molar-refractivity contribution >= 4 is 44.9 Å². The average molecular weight is 392 g/mol. The van der Waals surface area contributed by atoms with Crippen molar-refractivity contribution in [2.24, 2.45) is 5.92 Å². The molecule has 1 fully saturated rings. The van der Waals surface area contributed by atoms with E-state index in [1.54, 1.807) is 0 Å². The minimum atomic E-state index is -0.735. The standard InChI is InChI=1S/C16H18BrN5O2/c17-11-3-1-2-4-12(11)21-14-13(18)15(20-9-19-14)22-7-5-10(6-8-22)16(23)24/h1-4,9-10H,5-8,18H2,(H,23,24)(H,19,20,21). The monoisotopic (exact) mass is 391 g/mol. The van der Waals surface area contributed by atoms with Crippen molar-refractivity contribution in [1.29, 1.82) is 0 Å². The van der Waals surface area contributed by atoms with Crippen LogP contribution in [-0.2, 0) is 4.79 Å². The van der Waals surface area contributed by atoms with Crippen LogP contribution in [0.2, 0.25) is 0 Å². The summed E-state index contributed by atoms with van der Waals surface area (Å²) in [6, 6.07) is 7.69. The van der Waals surface area contributed by atoms with Gasteiger partial charge in [-0.15, -0.1) is 0 Å². The van der Waals surface area contributed by atoms with Gasteiger partial charge >= 0.3 is 5.97 Å². The molecule has 1 aromatic carbocycles. The van der Waals surface area contributed by atoms with Crippen LogP contribution < -0.4 is 16.0 Å². The number of benzene rings is 1. The van der Waals surface area contributed by atoms with E-state index in [4.69, 9.17) is 10.8 Å². The molecule has 0 saturated carbocycles. The van der Waals surface area contributed by atoms with E-state index in [-0.39, 0.29) is 5.92 Å². The lowest BCUT2D eigenvalue weighted by atomic mass is 9.97. The van der Waals surface area contributed by atoms with Crippen LogP contribution in [0.25, 0.3) is 0 Å². The lowest BCUT2D eigenvalue weighted by molar-refractivity contribution is -0.142. The quantitative estimate of drug-likeness (QED) is 0.735. The van der Waals surface area contributed by atoms with Crippen molar-refractivity contribution in [2.75, 3.05) is 29.0 Å². The van der Waals surface area contributed by atoms with Crippen LogP contribution in [-0.4, -0.2) is 34.1 Å². The summed E-state index contributed by atoms with van der Waals surface area (Å²) in [7, 11) is 0. The number of piperidine rings is 1. The summed E-state index contributed by atoms with van der Waals surface area (Å²) in [5.41, 5.74) is 7.57. The van der Waals surface area contributed by atoms with Crippen molar-refractivity contribution in [1.82, 2.24) is 9.97 Å². The lowest BCUT2D eigenvalue weighted by Crippen LogP contribution is -2.37. The Labute approximate surface area is 148 Å². The van der Waals surface area contributed by atoms with E-state index in [1.807, 2.05) is 29.2 Å². The highest BCUT2D eigenvalue weighted by Crippen LogP contribution is 2.32. The number of aromatic nitrogens is 2. The number of nitrogens with two attached hydrogens (primary N) is 1. The van der Waals surface area contributed by atoms with E-state index in [9.17, 15) is 4.79 Å². The predicted molar refractivity (Wildman–Crippen MR) is 96.4 cm³/mol. The van der Waals surface area contributed by atoms with E-state index in [0.29, 0.717) is 43.3 Å². The van der Waals surface area contributed by atoms with Gasteiger partial charge in [-0.1, -0.05) is 12.1 Å². The lowest BCUT2D eigenvalue weighted by Gasteiger charge is -2.31. The third kappa shape index (κ3) is 3.43. The first kappa shape index (κ1) is 16.5. The second kappa shape index (κ2) is 7.04. The molecule has 0 amide bonds. The second-order valence-corrected chi connectivity index (χ2v) is 6.52. The molecule has 0 aliphatic carbocycles. The Morgan fingerprint density at radius 2 is 2.00 bits per heavy atom. The maximum Gasteiger partial charge on any atom is 0.306 e. The van der Waals surface area contributed by atoms with Crippen molar-refractivity contribution in [3.63, 3.8) is 0 Å². The van der Waals surface area contributed by atoms with Gasteiger partial charge in [0.25, 0.3) is 0 Å². The van der Waals surface area contributed by atoms with Crippen molar-refractivity contribution < 1.29 is 9.90 Å². The van der Waals surface area contributed by atoms with Gasteiger partial charge in [-0.3, -0.25) is 4.79 Å². The summed E-state index contributed by atoms with van der Waals surface area (Å²) in [4.78, 5) is 21.6. The number of nitrogens with zero attached hydrogens (tertiary/aromatic N) is 3. The van der Waals surface area contributed by atoms with Crippen LogP contribution in [0.5, 0.6) is 0 Å². The van der Waals surface area contributed by atoms with Gasteiger partial charge in [0.1, 0.15) is 12.0 Å². The molecule has 1 aliphatic heterocycles. The number of carboxylic acids is 1.